The number of anilines is 2. The van der Waals surface area contributed by atoms with Crippen LogP contribution in [0.5, 0.6) is 0 Å². The second-order valence-corrected chi connectivity index (χ2v) is 12.4. The zero-order chi connectivity index (χ0) is 29.0. The van der Waals surface area contributed by atoms with E-state index >= 15 is 0 Å². The molecule has 2 aromatic carbocycles. The number of aromatic nitrogens is 4. The number of methoxy groups -OCH3 is 1. The van der Waals surface area contributed by atoms with Crippen LogP contribution in [0.1, 0.15) is 53.4 Å². The largest absolute Gasteiger partial charge is 0.378 e. The zero-order valence-corrected chi connectivity index (χ0v) is 25.7. The summed E-state index contributed by atoms with van der Waals surface area (Å²) in [6, 6.07) is 11.4. The molecule has 6 rings (SSSR count). The first-order valence-corrected chi connectivity index (χ1v) is 14.8. The second kappa shape index (κ2) is 10.7. The lowest BCUT2D eigenvalue weighted by Crippen LogP contribution is -2.39. The summed E-state index contributed by atoms with van der Waals surface area (Å²) in [5.41, 5.74) is 10.6. The van der Waals surface area contributed by atoms with Crippen LogP contribution >= 0.6 is 0 Å². The Bertz CT molecular complexity index is 1590. The van der Waals surface area contributed by atoms with Crippen molar-refractivity contribution in [2.24, 2.45) is 0 Å². The molecule has 2 aliphatic heterocycles. The molecule has 4 heterocycles. The second-order valence-electron chi connectivity index (χ2n) is 12.4. The Labute approximate surface area is 243 Å². The molecule has 2 atom stereocenters. The van der Waals surface area contributed by atoms with Gasteiger partial charge in [-0.15, -0.1) is 0 Å². The van der Waals surface area contributed by atoms with Crippen molar-refractivity contribution in [3.63, 3.8) is 0 Å². The van der Waals surface area contributed by atoms with Crippen LogP contribution in [0.3, 0.4) is 0 Å². The van der Waals surface area contributed by atoms with Gasteiger partial charge in [0.15, 0.2) is 5.82 Å². The standard InChI is InChI=1S/C33H43N7O/c1-19(2)23-11-9-20(3)27(15-23)39-14-13-25-24(16-39)33(40-17-28(38(6)7)29(18-40)41-8)35-32(34-25)30-21(4)10-12-26-31(30)22(5)36-37-26/h9-12,15,19,28-29H,13-14,16-18H2,1-8H3,(H,36,37)/t28-,29-/m1/s1. The maximum Gasteiger partial charge on any atom is 0.162 e. The number of H-pyrrole nitrogens is 1. The topological polar surface area (TPSA) is 73.4 Å². The van der Waals surface area contributed by atoms with Crippen molar-refractivity contribution in [1.29, 1.82) is 0 Å². The first-order chi connectivity index (χ1) is 19.7. The van der Waals surface area contributed by atoms with E-state index in [0.29, 0.717) is 12.0 Å². The van der Waals surface area contributed by atoms with Gasteiger partial charge in [-0.1, -0.05) is 32.0 Å². The highest BCUT2D eigenvalue weighted by Gasteiger charge is 2.37. The molecular weight excluding hydrogens is 510 g/mol. The fourth-order valence-electron chi connectivity index (χ4n) is 6.62. The summed E-state index contributed by atoms with van der Waals surface area (Å²) in [4.78, 5) is 17.9. The van der Waals surface area contributed by atoms with Crippen LogP contribution in [-0.4, -0.2) is 78.1 Å². The molecule has 2 aliphatic rings. The predicted molar refractivity (Wildman–Crippen MR) is 167 cm³/mol. The number of benzene rings is 2. The lowest BCUT2D eigenvalue weighted by Gasteiger charge is -2.34. The number of nitrogens with zero attached hydrogens (tertiary/aromatic N) is 6. The highest BCUT2D eigenvalue weighted by atomic mass is 16.5. The first kappa shape index (κ1) is 27.7. The number of hydrogen-bond acceptors (Lipinski definition) is 7. The van der Waals surface area contributed by atoms with Crippen molar-refractivity contribution in [2.45, 2.75) is 65.6 Å². The third kappa shape index (κ3) is 4.87. The van der Waals surface area contributed by atoms with Crippen molar-refractivity contribution < 1.29 is 4.74 Å². The van der Waals surface area contributed by atoms with E-state index in [1.807, 2.05) is 7.11 Å². The molecule has 216 valence electrons. The van der Waals surface area contributed by atoms with Gasteiger partial charge in [-0.3, -0.25) is 5.10 Å². The Balaban J connectivity index is 1.49. The van der Waals surface area contributed by atoms with E-state index in [4.69, 9.17) is 14.7 Å². The average Bonchev–Trinajstić information content (AvgIpc) is 3.56. The van der Waals surface area contributed by atoms with E-state index < -0.39 is 0 Å². The number of ether oxygens (including phenoxy) is 1. The van der Waals surface area contributed by atoms with Gasteiger partial charge in [0.05, 0.1) is 23.4 Å². The Morgan fingerprint density at radius 3 is 2.49 bits per heavy atom. The van der Waals surface area contributed by atoms with E-state index in [9.17, 15) is 0 Å². The molecule has 0 amide bonds. The van der Waals surface area contributed by atoms with Crippen LogP contribution in [0.4, 0.5) is 11.5 Å². The Morgan fingerprint density at radius 2 is 1.78 bits per heavy atom. The van der Waals surface area contributed by atoms with Gasteiger partial charge in [0.25, 0.3) is 0 Å². The highest BCUT2D eigenvalue weighted by Crippen LogP contribution is 2.38. The molecular formula is C33H43N7O. The molecule has 2 aromatic heterocycles. The van der Waals surface area contributed by atoms with Gasteiger partial charge < -0.3 is 19.4 Å². The Kier molecular flexibility index (Phi) is 7.24. The van der Waals surface area contributed by atoms with Crippen LogP contribution in [0.2, 0.25) is 0 Å². The van der Waals surface area contributed by atoms with E-state index in [0.717, 1.165) is 77.7 Å². The molecule has 0 spiro atoms. The Hall–Kier alpha value is -3.49. The highest BCUT2D eigenvalue weighted by molar-refractivity contribution is 5.96. The number of nitrogens with one attached hydrogen (secondary N) is 1. The summed E-state index contributed by atoms with van der Waals surface area (Å²) in [5, 5.41) is 8.82. The number of aromatic amines is 1. The van der Waals surface area contributed by atoms with Gasteiger partial charge in [-0.05, 0) is 69.6 Å². The summed E-state index contributed by atoms with van der Waals surface area (Å²) < 4.78 is 5.97. The summed E-state index contributed by atoms with van der Waals surface area (Å²) in [6.45, 7) is 14.4. The van der Waals surface area contributed by atoms with Crippen LogP contribution in [-0.2, 0) is 17.7 Å². The fraction of sp³-hybridized carbons (Fsp3) is 0.485. The van der Waals surface area contributed by atoms with Crippen molar-refractivity contribution in [1.82, 2.24) is 25.1 Å². The molecule has 1 N–H and O–H groups in total. The molecule has 8 nitrogen and oxygen atoms in total. The number of aryl methyl sites for hydroxylation is 3. The quantitative estimate of drug-likeness (QED) is 0.343. The van der Waals surface area contributed by atoms with Crippen LogP contribution in [0, 0.1) is 20.8 Å². The van der Waals surface area contributed by atoms with E-state index in [2.05, 4.69) is 104 Å². The molecule has 41 heavy (non-hydrogen) atoms. The smallest absolute Gasteiger partial charge is 0.162 e. The van der Waals surface area contributed by atoms with Crippen LogP contribution in [0.25, 0.3) is 22.3 Å². The molecule has 0 aliphatic carbocycles. The van der Waals surface area contributed by atoms with Gasteiger partial charge in [0.2, 0.25) is 0 Å². The predicted octanol–water partition coefficient (Wildman–Crippen LogP) is 5.40. The van der Waals surface area contributed by atoms with Gasteiger partial charge in [-0.2, -0.15) is 5.10 Å². The van der Waals surface area contributed by atoms with Crippen LogP contribution < -0.4 is 9.80 Å². The molecule has 4 aromatic rings. The monoisotopic (exact) mass is 553 g/mol. The molecule has 1 saturated heterocycles. The van der Waals surface area contributed by atoms with Gasteiger partial charge in [-0.25, -0.2) is 9.97 Å². The zero-order valence-electron chi connectivity index (χ0n) is 25.7. The first-order valence-electron chi connectivity index (χ1n) is 14.8. The fourth-order valence-corrected chi connectivity index (χ4v) is 6.62. The molecule has 0 bridgehead atoms. The van der Waals surface area contributed by atoms with Crippen molar-refractivity contribution in [3.8, 4) is 11.4 Å². The van der Waals surface area contributed by atoms with Gasteiger partial charge in [0, 0.05) is 67.6 Å². The van der Waals surface area contributed by atoms with Crippen molar-refractivity contribution in [2.75, 3.05) is 50.6 Å². The number of rotatable bonds is 6. The number of fused-ring (bicyclic) bond motifs is 2. The summed E-state index contributed by atoms with van der Waals surface area (Å²) in [5.74, 6) is 2.32. The lowest BCUT2D eigenvalue weighted by atomic mass is 9.97. The normalized spacial score (nSPS) is 19.2. The Morgan fingerprint density at radius 1 is 1.00 bits per heavy atom. The summed E-state index contributed by atoms with van der Waals surface area (Å²) >= 11 is 0. The maximum absolute atomic E-state index is 5.97. The van der Waals surface area contributed by atoms with E-state index in [1.54, 1.807) is 0 Å². The molecule has 0 radical (unpaired) electrons. The maximum atomic E-state index is 5.97. The molecule has 0 saturated carbocycles. The minimum Gasteiger partial charge on any atom is -0.378 e. The average molecular weight is 554 g/mol. The molecule has 8 heteroatoms. The molecule has 1 fully saturated rings. The molecule has 0 unspecified atom stereocenters. The van der Waals surface area contributed by atoms with Crippen molar-refractivity contribution >= 4 is 22.4 Å². The van der Waals surface area contributed by atoms with Crippen LogP contribution in [0.15, 0.2) is 30.3 Å². The van der Waals surface area contributed by atoms with E-state index in [-0.39, 0.29) is 6.10 Å². The number of hydrogen-bond donors (Lipinski definition) is 1. The lowest BCUT2D eigenvalue weighted by molar-refractivity contribution is 0.0639. The third-order valence-corrected chi connectivity index (χ3v) is 9.12. The summed E-state index contributed by atoms with van der Waals surface area (Å²) in [7, 11) is 6.10. The third-order valence-electron chi connectivity index (χ3n) is 9.12. The van der Waals surface area contributed by atoms with Gasteiger partial charge >= 0.3 is 0 Å². The van der Waals surface area contributed by atoms with Crippen molar-refractivity contribution in [3.05, 3.63) is 64.0 Å². The minimum absolute atomic E-state index is 0.116. The van der Waals surface area contributed by atoms with Gasteiger partial charge in [0.1, 0.15) is 5.82 Å². The SMILES string of the molecule is CO[C@@H]1CN(c2nc(-c3c(C)ccc4n[nH]c(C)c34)nc3c2CN(c2cc(C(C)C)ccc2C)CC3)C[C@H]1N(C)C. The minimum atomic E-state index is 0.116. The van der Waals surface area contributed by atoms with E-state index in [1.165, 1.54) is 22.4 Å². The summed E-state index contributed by atoms with van der Waals surface area (Å²) in [6.07, 6.45) is 0.992. The number of likely N-dealkylation sites (N-methyl/N-ethyl adjacent to an activating group) is 1.